The molecule has 1 aromatic heterocycles. The molecule has 2 bridgehead atoms. The normalized spacial score (nSPS) is 24.0. The predicted octanol–water partition coefficient (Wildman–Crippen LogP) is 3.04. The van der Waals surface area contributed by atoms with E-state index >= 15 is 0 Å². The molecule has 0 radical (unpaired) electrons. The Bertz CT molecular complexity index is 737. The Hall–Kier alpha value is -1.87. The van der Waals surface area contributed by atoms with Gasteiger partial charge in [0.1, 0.15) is 12.1 Å². The number of hydrogen-bond donors (Lipinski definition) is 1. The van der Waals surface area contributed by atoms with Crippen LogP contribution in [0.4, 0.5) is 4.79 Å². The van der Waals surface area contributed by atoms with Crippen molar-refractivity contribution in [3.63, 3.8) is 0 Å². The van der Waals surface area contributed by atoms with Crippen molar-refractivity contribution in [1.82, 2.24) is 19.7 Å². The minimum Gasteiger partial charge on any atom is -0.455 e. The summed E-state index contributed by atoms with van der Waals surface area (Å²) < 4.78 is 7.74. The Labute approximate surface area is 149 Å². The Balaban J connectivity index is 1.97. The van der Waals surface area contributed by atoms with Crippen LogP contribution in [0.2, 0.25) is 18.1 Å². The Morgan fingerprint density at radius 1 is 1.44 bits per heavy atom. The van der Waals surface area contributed by atoms with Gasteiger partial charge in [0.2, 0.25) is 0 Å². The number of aromatic nitrogens is 2. The third-order valence-electron chi connectivity index (χ3n) is 5.67. The summed E-state index contributed by atoms with van der Waals surface area (Å²) in [5.74, 6) is 0. The van der Waals surface area contributed by atoms with Gasteiger partial charge in [0.25, 0.3) is 8.32 Å². The van der Waals surface area contributed by atoms with Crippen molar-refractivity contribution in [1.29, 1.82) is 0 Å². The van der Waals surface area contributed by atoms with Crippen LogP contribution in [-0.2, 0) is 11.6 Å². The molecule has 25 heavy (non-hydrogen) atoms. The lowest BCUT2D eigenvalue weighted by Crippen LogP contribution is -2.41. The first-order valence-corrected chi connectivity index (χ1v) is 11.4. The topological polar surface area (TPSA) is 83.2 Å². The lowest BCUT2D eigenvalue weighted by atomic mass is 9.95. The number of amides is 2. The third-order valence-corrected chi connectivity index (χ3v) is 9.83. The van der Waals surface area contributed by atoms with Gasteiger partial charge < -0.3 is 9.43 Å². The summed E-state index contributed by atoms with van der Waals surface area (Å²) in [6, 6.07) is -1.16. The molecular formula is C16H27N5O3Si. The highest BCUT2D eigenvalue weighted by Crippen LogP contribution is 2.43. The van der Waals surface area contributed by atoms with E-state index in [0.29, 0.717) is 12.3 Å². The van der Waals surface area contributed by atoms with Crippen molar-refractivity contribution < 1.29 is 14.5 Å². The van der Waals surface area contributed by atoms with Crippen LogP contribution in [0.5, 0.6) is 0 Å². The molecule has 8 nitrogen and oxygen atoms in total. The fourth-order valence-electron chi connectivity index (χ4n) is 3.05. The highest BCUT2D eigenvalue weighted by molar-refractivity contribution is 6.74. The smallest absolute Gasteiger partial charge is 0.345 e. The molecule has 2 atom stereocenters. The molecule has 0 unspecified atom stereocenters. The molecule has 1 N–H and O–H groups in total. The van der Waals surface area contributed by atoms with E-state index in [2.05, 4.69) is 44.1 Å². The summed E-state index contributed by atoms with van der Waals surface area (Å²) in [6.45, 7) is 13.0. The van der Waals surface area contributed by atoms with Crippen molar-refractivity contribution in [3.05, 3.63) is 17.5 Å². The summed E-state index contributed by atoms with van der Waals surface area (Å²) in [5, 5.41) is 19.7. The lowest BCUT2D eigenvalue weighted by molar-refractivity contribution is -0.0586. The van der Waals surface area contributed by atoms with Gasteiger partial charge in [0, 0.05) is 12.6 Å². The average molecular weight is 366 g/mol. The van der Waals surface area contributed by atoms with E-state index in [4.69, 9.17) is 4.53 Å². The number of urea groups is 1. The molecular weight excluding hydrogens is 338 g/mol. The second kappa shape index (κ2) is 5.57. The van der Waals surface area contributed by atoms with Gasteiger partial charge in [0.15, 0.2) is 0 Å². The van der Waals surface area contributed by atoms with E-state index in [1.54, 1.807) is 15.8 Å². The second-order valence-electron chi connectivity index (χ2n) is 8.39. The zero-order valence-corrected chi connectivity index (χ0v) is 16.9. The summed E-state index contributed by atoms with van der Waals surface area (Å²) in [5.41, 5.74) is 2.43. The number of carbonyl (C=O) groups excluding carboxylic acids is 1. The van der Waals surface area contributed by atoms with E-state index in [1.807, 2.05) is 14.0 Å². The van der Waals surface area contributed by atoms with Gasteiger partial charge in [-0.15, -0.1) is 5.16 Å². The van der Waals surface area contributed by atoms with Gasteiger partial charge in [-0.2, -0.15) is 10.2 Å². The minimum absolute atomic E-state index is 0.0392. The molecule has 1 saturated heterocycles. The maximum atomic E-state index is 12.4. The Morgan fingerprint density at radius 3 is 2.68 bits per heavy atom. The first-order chi connectivity index (χ1) is 11.5. The monoisotopic (exact) mass is 365 g/mol. The number of hydroxylamine groups is 2. The minimum atomic E-state index is -2.05. The maximum Gasteiger partial charge on any atom is 0.345 e. The number of oxime groups is 1. The number of rotatable bonds is 3. The van der Waals surface area contributed by atoms with Crippen molar-refractivity contribution in [2.24, 2.45) is 12.2 Å². The molecule has 0 spiro atoms. The van der Waals surface area contributed by atoms with Gasteiger partial charge >= 0.3 is 6.03 Å². The van der Waals surface area contributed by atoms with E-state index in [1.165, 1.54) is 0 Å². The number of fused-ring (bicyclic) bond motifs is 4. The molecule has 9 heteroatoms. The molecule has 2 amide bonds. The molecule has 3 heterocycles. The molecule has 0 aliphatic carbocycles. The summed E-state index contributed by atoms with van der Waals surface area (Å²) in [7, 11) is -0.207. The summed E-state index contributed by atoms with van der Waals surface area (Å²) >= 11 is 0. The van der Waals surface area contributed by atoms with E-state index in [0.717, 1.165) is 16.3 Å². The first-order valence-electron chi connectivity index (χ1n) is 8.49. The van der Waals surface area contributed by atoms with Gasteiger partial charge in [-0.3, -0.25) is 9.89 Å². The SMILES string of the molecule is C/C(=N\O[Si](C)(C)C(C)(C)C)[C@@H]1c2c(cnn2C)[C@@H]2CN1C(=O)N2O. The van der Waals surface area contributed by atoms with Crippen LogP contribution in [0.25, 0.3) is 0 Å². The maximum absolute atomic E-state index is 12.4. The molecule has 2 aliphatic rings. The van der Waals surface area contributed by atoms with Crippen molar-refractivity contribution >= 4 is 20.1 Å². The Kier molecular flexibility index (Phi) is 3.99. The molecule has 138 valence electrons. The number of carbonyl (C=O) groups is 1. The summed E-state index contributed by atoms with van der Waals surface area (Å²) in [6.07, 6.45) is 1.72. The van der Waals surface area contributed by atoms with Crippen molar-refractivity contribution in [2.45, 2.75) is 57.9 Å². The van der Waals surface area contributed by atoms with E-state index in [9.17, 15) is 10.0 Å². The van der Waals surface area contributed by atoms with Crippen LogP contribution in [0.3, 0.4) is 0 Å². The van der Waals surface area contributed by atoms with Crippen LogP contribution in [-0.4, -0.2) is 51.6 Å². The van der Waals surface area contributed by atoms with Crippen LogP contribution < -0.4 is 0 Å². The van der Waals surface area contributed by atoms with Crippen LogP contribution in [0.1, 0.15) is 51.0 Å². The van der Waals surface area contributed by atoms with Crippen LogP contribution >= 0.6 is 0 Å². The molecule has 1 aromatic rings. The van der Waals surface area contributed by atoms with Gasteiger partial charge in [-0.05, 0) is 25.1 Å². The average Bonchev–Trinajstić information content (AvgIpc) is 3.00. The molecule has 0 aromatic carbocycles. The highest BCUT2D eigenvalue weighted by atomic mass is 28.4. The highest BCUT2D eigenvalue weighted by Gasteiger charge is 2.50. The number of aryl methyl sites for hydroxylation is 1. The zero-order valence-electron chi connectivity index (χ0n) is 15.9. The standard InChI is InChI=1S/C16H27N5O3Si/c1-10(18-24-25(6,7)16(2,3)4)13-14-11(8-17-19(14)5)12-9-20(13)15(22)21(12)23/h8,12-13,23H,9H2,1-7H3/b18-10+/t12-,13+/m0/s1. The van der Waals surface area contributed by atoms with Gasteiger partial charge in [-0.1, -0.05) is 20.8 Å². The second-order valence-corrected chi connectivity index (χ2v) is 13.1. The fraction of sp³-hybridized carbons (Fsp3) is 0.688. The third kappa shape index (κ3) is 2.65. The van der Waals surface area contributed by atoms with Gasteiger partial charge in [0.05, 0.1) is 24.1 Å². The van der Waals surface area contributed by atoms with Crippen molar-refractivity contribution in [2.75, 3.05) is 6.54 Å². The van der Waals surface area contributed by atoms with Gasteiger partial charge in [-0.25, -0.2) is 4.79 Å². The number of nitrogens with zero attached hydrogens (tertiary/aromatic N) is 5. The fourth-order valence-corrected chi connectivity index (χ4v) is 3.70. The van der Waals surface area contributed by atoms with Crippen molar-refractivity contribution in [3.8, 4) is 0 Å². The quantitative estimate of drug-likeness (QED) is 0.386. The molecule has 0 saturated carbocycles. The molecule has 3 rings (SSSR count). The van der Waals surface area contributed by atoms with E-state index in [-0.39, 0.29) is 17.1 Å². The zero-order chi connectivity index (χ0) is 18.7. The first kappa shape index (κ1) is 17.9. The molecule has 1 fully saturated rings. The van der Waals surface area contributed by atoms with E-state index < -0.39 is 14.3 Å². The van der Waals surface area contributed by atoms with Crippen LogP contribution in [0.15, 0.2) is 11.4 Å². The summed E-state index contributed by atoms with van der Waals surface area (Å²) in [4.78, 5) is 14.1. The molecule has 2 aliphatic heterocycles. The largest absolute Gasteiger partial charge is 0.455 e. The number of hydrogen-bond acceptors (Lipinski definition) is 5. The Morgan fingerprint density at radius 2 is 2.08 bits per heavy atom. The predicted molar refractivity (Wildman–Crippen MR) is 95.8 cm³/mol. The van der Waals surface area contributed by atoms with Crippen LogP contribution in [0, 0.1) is 0 Å². The lowest BCUT2D eigenvalue weighted by Gasteiger charge is -2.35.